The average Bonchev–Trinajstić information content (AvgIpc) is 3.32. The number of hydrogen-bond acceptors (Lipinski definition) is 6. The summed E-state index contributed by atoms with van der Waals surface area (Å²) in [7, 11) is -3.72. The van der Waals surface area contributed by atoms with Crippen molar-refractivity contribution in [1.29, 1.82) is 5.26 Å². The van der Waals surface area contributed by atoms with Gasteiger partial charge in [-0.25, -0.2) is 0 Å². The van der Waals surface area contributed by atoms with Crippen LogP contribution in [0.3, 0.4) is 0 Å². The maximum Gasteiger partial charge on any atom is 0.387 e. The van der Waals surface area contributed by atoms with Crippen LogP contribution < -0.4 is 10.1 Å². The number of nitriles is 1. The highest BCUT2D eigenvalue weighted by atomic mass is 32.2. The van der Waals surface area contributed by atoms with Crippen molar-refractivity contribution in [2.45, 2.75) is 44.9 Å². The quantitative estimate of drug-likeness (QED) is 0.546. The van der Waals surface area contributed by atoms with Gasteiger partial charge < -0.3 is 15.0 Å². The molecule has 3 saturated heterocycles. The number of amides is 2. The van der Waals surface area contributed by atoms with Crippen LogP contribution in [0.5, 0.6) is 5.75 Å². The van der Waals surface area contributed by atoms with Crippen molar-refractivity contribution in [2.24, 2.45) is 11.8 Å². The van der Waals surface area contributed by atoms with E-state index in [0.29, 0.717) is 44.3 Å². The highest BCUT2D eigenvalue weighted by Crippen LogP contribution is 2.29. The molecule has 3 aliphatic rings. The number of alkyl halides is 2. The lowest BCUT2D eigenvalue weighted by atomic mass is 9.97. The zero-order valence-electron chi connectivity index (χ0n) is 19.7. The largest absolute Gasteiger partial charge is 0.435 e. The van der Waals surface area contributed by atoms with Crippen LogP contribution in [0.4, 0.5) is 8.78 Å². The first-order chi connectivity index (χ1) is 17.2. The van der Waals surface area contributed by atoms with Crippen molar-refractivity contribution in [3.63, 3.8) is 0 Å². The third-order valence-electron chi connectivity index (χ3n) is 6.87. The standard InChI is InChI=1S/C23H29F2N5O5S/c24-23(25)35-19-7-5-16(6-8-19)12-27-21(31)20-4-2-10-30(20)22(32)18-3-1-9-28(15-18)36(33,34)29-13-17(11-26)14-29/h5-8,17-18,20,23H,1-4,9-10,12-15H2,(H,27,31)/t18-,20+/m0/s1. The molecule has 1 aromatic rings. The summed E-state index contributed by atoms with van der Waals surface area (Å²) in [5, 5.41) is 11.7. The molecule has 1 N–H and O–H groups in total. The normalized spacial score (nSPS) is 23.8. The summed E-state index contributed by atoms with van der Waals surface area (Å²) in [6.07, 6.45) is 2.27. The van der Waals surface area contributed by atoms with Gasteiger partial charge in [0, 0.05) is 39.3 Å². The Morgan fingerprint density at radius 2 is 1.78 bits per heavy atom. The molecule has 0 bridgehead atoms. The third-order valence-corrected chi connectivity index (χ3v) is 8.81. The molecular weight excluding hydrogens is 496 g/mol. The number of likely N-dealkylation sites (tertiary alicyclic amines) is 1. The third kappa shape index (κ3) is 5.77. The maximum atomic E-state index is 13.3. The van der Waals surface area contributed by atoms with Gasteiger partial charge in [0.2, 0.25) is 11.8 Å². The molecule has 2 atom stereocenters. The first kappa shape index (κ1) is 26.2. The van der Waals surface area contributed by atoms with E-state index >= 15 is 0 Å². The summed E-state index contributed by atoms with van der Waals surface area (Å²) in [5.41, 5.74) is 0.693. The Balaban J connectivity index is 1.32. The van der Waals surface area contributed by atoms with Gasteiger partial charge >= 0.3 is 6.61 Å². The monoisotopic (exact) mass is 525 g/mol. The van der Waals surface area contributed by atoms with E-state index < -0.39 is 28.8 Å². The van der Waals surface area contributed by atoms with Gasteiger partial charge in [-0.3, -0.25) is 9.59 Å². The van der Waals surface area contributed by atoms with Crippen LogP contribution in [-0.2, 0) is 26.3 Å². The molecule has 36 heavy (non-hydrogen) atoms. The Bertz CT molecular complexity index is 1100. The van der Waals surface area contributed by atoms with Crippen LogP contribution in [-0.4, -0.2) is 79.1 Å². The summed E-state index contributed by atoms with van der Waals surface area (Å²) in [6.45, 7) is -1.59. The highest BCUT2D eigenvalue weighted by Gasteiger charge is 2.44. The van der Waals surface area contributed by atoms with Crippen LogP contribution >= 0.6 is 0 Å². The van der Waals surface area contributed by atoms with Crippen molar-refractivity contribution in [3.05, 3.63) is 29.8 Å². The second-order valence-electron chi connectivity index (χ2n) is 9.28. The van der Waals surface area contributed by atoms with E-state index in [1.54, 1.807) is 17.0 Å². The van der Waals surface area contributed by atoms with Gasteiger partial charge in [-0.15, -0.1) is 0 Å². The molecule has 0 saturated carbocycles. The molecule has 196 valence electrons. The number of piperidine rings is 1. The first-order valence-electron chi connectivity index (χ1n) is 12.0. The maximum absolute atomic E-state index is 13.3. The molecule has 3 aliphatic heterocycles. The van der Waals surface area contributed by atoms with Crippen LogP contribution in [0.15, 0.2) is 24.3 Å². The summed E-state index contributed by atoms with van der Waals surface area (Å²) >= 11 is 0. The molecule has 3 fully saturated rings. The lowest BCUT2D eigenvalue weighted by Gasteiger charge is -2.41. The van der Waals surface area contributed by atoms with Crippen LogP contribution in [0.25, 0.3) is 0 Å². The summed E-state index contributed by atoms with van der Waals surface area (Å²) in [6, 6.07) is 7.35. The van der Waals surface area contributed by atoms with Gasteiger partial charge in [0.25, 0.3) is 10.2 Å². The van der Waals surface area contributed by atoms with E-state index in [9.17, 15) is 26.8 Å². The van der Waals surface area contributed by atoms with E-state index in [4.69, 9.17) is 5.26 Å². The van der Waals surface area contributed by atoms with E-state index in [-0.39, 0.29) is 49.7 Å². The van der Waals surface area contributed by atoms with Gasteiger partial charge in [-0.1, -0.05) is 12.1 Å². The van der Waals surface area contributed by atoms with Crippen LogP contribution in [0.1, 0.15) is 31.2 Å². The van der Waals surface area contributed by atoms with E-state index in [0.717, 1.165) is 0 Å². The fourth-order valence-electron chi connectivity index (χ4n) is 4.86. The molecule has 4 rings (SSSR count). The molecule has 0 unspecified atom stereocenters. The van der Waals surface area contributed by atoms with Crippen molar-refractivity contribution >= 4 is 22.0 Å². The molecule has 0 aliphatic carbocycles. The number of ether oxygens (including phenoxy) is 1. The number of hydrogen-bond donors (Lipinski definition) is 1. The number of carbonyl (C=O) groups is 2. The van der Waals surface area contributed by atoms with Gasteiger partial charge in [0.1, 0.15) is 11.8 Å². The van der Waals surface area contributed by atoms with Gasteiger partial charge in [0.15, 0.2) is 0 Å². The molecular formula is C23H29F2N5O5S. The number of rotatable bonds is 8. The first-order valence-corrected chi connectivity index (χ1v) is 13.4. The van der Waals surface area contributed by atoms with Crippen molar-refractivity contribution in [2.75, 3.05) is 32.7 Å². The molecule has 13 heteroatoms. The number of benzene rings is 1. The molecule has 1 aromatic carbocycles. The molecule has 3 heterocycles. The summed E-state index contributed by atoms with van der Waals surface area (Å²) in [4.78, 5) is 27.8. The van der Waals surface area contributed by atoms with Crippen molar-refractivity contribution < 1.29 is 31.5 Å². The topological polar surface area (TPSA) is 123 Å². The van der Waals surface area contributed by atoms with Crippen molar-refractivity contribution in [1.82, 2.24) is 18.8 Å². The van der Waals surface area contributed by atoms with Crippen LogP contribution in [0.2, 0.25) is 0 Å². The zero-order valence-corrected chi connectivity index (χ0v) is 20.5. The van der Waals surface area contributed by atoms with E-state index in [2.05, 4.69) is 16.1 Å². The minimum atomic E-state index is -3.72. The fraction of sp³-hybridized carbons (Fsp3) is 0.609. The highest BCUT2D eigenvalue weighted by molar-refractivity contribution is 7.86. The molecule has 0 radical (unpaired) electrons. The van der Waals surface area contributed by atoms with Crippen molar-refractivity contribution in [3.8, 4) is 11.8 Å². The molecule has 2 amide bonds. The Morgan fingerprint density at radius 3 is 2.44 bits per heavy atom. The van der Waals surface area contributed by atoms with E-state index in [1.807, 2.05) is 0 Å². The van der Waals surface area contributed by atoms with E-state index in [1.165, 1.54) is 20.7 Å². The number of carbonyl (C=O) groups excluding carboxylic acids is 2. The Hall–Kier alpha value is -2.82. The summed E-state index contributed by atoms with van der Waals surface area (Å²) in [5.74, 6) is -1.33. The number of nitrogens with one attached hydrogen (secondary N) is 1. The molecule has 10 nitrogen and oxygen atoms in total. The summed E-state index contributed by atoms with van der Waals surface area (Å²) < 4.78 is 57.3. The average molecular weight is 526 g/mol. The predicted molar refractivity (Wildman–Crippen MR) is 124 cm³/mol. The minimum absolute atomic E-state index is 0.0233. The second kappa shape index (κ2) is 11.1. The molecule has 0 spiro atoms. The Labute approximate surface area is 209 Å². The van der Waals surface area contributed by atoms with Gasteiger partial charge in [-0.2, -0.15) is 31.1 Å². The Kier molecular flexibility index (Phi) is 8.07. The second-order valence-corrected chi connectivity index (χ2v) is 11.2. The van der Waals surface area contributed by atoms with Crippen LogP contribution in [0, 0.1) is 23.2 Å². The smallest absolute Gasteiger partial charge is 0.387 e. The zero-order chi connectivity index (χ0) is 25.9. The predicted octanol–water partition coefficient (Wildman–Crippen LogP) is 1.31. The number of nitrogens with zero attached hydrogens (tertiary/aromatic N) is 4. The lowest BCUT2D eigenvalue weighted by Crippen LogP contribution is -2.57. The van der Waals surface area contributed by atoms with Gasteiger partial charge in [-0.05, 0) is 43.4 Å². The number of halogens is 2. The fourth-order valence-corrected chi connectivity index (χ4v) is 6.65. The Morgan fingerprint density at radius 1 is 1.08 bits per heavy atom. The SMILES string of the molecule is N#CC1CN(S(=O)(=O)N2CCC[C@H](C(=O)N3CCC[C@@H]3C(=O)NCc3ccc(OC(F)F)cc3)C2)C1. The minimum Gasteiger partial charge on any atom is -0.435 e. The molecule has 0 aromatic heterocycles. The lowest BCUT2D eigenvalue weighted by molar-refractivity contribution is -0.142. The van der Waals surface area contributed by atoms with Gasteiger partial charge in [0.05, 0.1) is 17.9 Å².